The molecule has 0 aliphatic carbocycles. The summed E-state index contributed by atoms with van der Waals surface area (Å²) >= 11 is 2.05. The van der Waals surface area contributed by atoms with Gasteiger partial charge in [-0.2, -0.15) is 0 Å². The molecule has 0 aromatic carbocycles. The van der Waals surface area contributed by atoms with Crippen LogP contribution in [0, 0.1) is 4.33 Å². The molecule has 26 valence electrons. The van der Waals surface area contributed by atoms with Crippen LogP contribution in [-0.4, -0.2) is 7.41 Å². The number of rotatable bonds is 1. The van der Waals surface area contributed by atoms with E-state index >= 15 is 0 Å². The molecule has 4 heteroatoms. The zero-order valence-corrected chi connectivity index (χ0v) is 7.68. The van der Waals surface area contributed by atoms with E-state index < -0.39 is 0 Å². The van der Waals surface area contributed by atoms with Gasteiger partial charge in [-0.1, -0.05) is 0 Å². The Hall–Kier alpha value is 1.86. The summed E-state index contributed by atoms with van der Waals surface area (Å²) < 4.78 is 1.75. The molecule has 0 aromatic rings. The van der Waals surface area contributed by atoms with Crippen molar-refractivity contribution in [1.29, 1.82) is 0 Å². The van der Waals surface area contributed by atoms with E-state index in [-0.39, 0.29) is 32.7 Å². The third-order valence-corrected chi connectivity index (χ3v) is 0.488. The molecule has 0 rings (SSSR count). The minimum atomic E-state index is 0. The standard InChI is InChI=1S/CH3BIN.Y/c3-1-2-4;/h1H,4H2;/q-1;. The second-order valence-electron chi connectivity index (χ2n) is 0.318. The minimum absolute atomic E-state index is 0. The van der Waals surface area contributed by atoms with Crippen LogP contribution < -0.4 is 5.64 Å². The van der Waals surface area contributed by atoms with Gasteiger partial charge in [0.2, 0.25) is 0 Å². The summed E-state index contributed by atoms with van der Waals surface area (Å²) in [5, 5.41) is 0. The molecule has 0 bridgehead atoms. The van der Waals surface area contributed by atoms with E-state index in [1.165, 1.54) is 7.41 Å². The Balaban J connectivity index is 0. The SMILES string of the molecule is N[B][CH-]I.[Y]. The van der Waals surface area contributed by atoms with E-state index in [0.29, 0.717) is 0 Å². The fourth-order valence-electron chi connectivity index (χ4n) is 0. The summed E-state index contributed by atoms with van der Waals surface area (Å²) in [6.45, 7) is 0. The molecule has 0 saturated heterocycles. The van der Waals surface area contributed by atoms with Gasteiger partial charge in [0.1, 0.15) is 0 Å². The Labute approximate surface area is 71.7 Å². The maximum atomic E-state index is 4.84. The molecule has 2 N–H and O–H groups in total. The van der Waals surface area contributed by atoms with E-state index in [1.54, 1.807) is 4.33 Å². The van der Waals surface area contributed by atoms with Crippen molar-refractivity contribution in [2.75, 3.05) is 0 Å². The van der Waals surface area contributed by atoms with E-state index in [4.69, 9.17) is 5.64 Å². The molecule has 0 heterocycles. The second-order valence-corrected chi connectivity index (χ2v) is 1.04. The predicted octanol–water partition coefficient (Wildman–Crippen LogP) is 0.116. The normalized spacial score (nSPS) is 5.20. The van der Waals surface area contributed by atoms with Crippen molar-refractivity contribution in [2.45, 2.75) is 0 Å². The zero-order chi connectivity index (χ0) is 3.41. The van der Waals surface area contributed by atoms with Gasteiger partial charge in [-0.3, -0.25) is 4.33 Å². The van der Waals surface area contributed by atoms with Gasteiger partial charge in [-0.25, -0.2) is 0 Å². The van der Waals surface area contributed by atoms with E-state index in [1.807, 2.05) is 22.6 Å². The van der Waals surface area contributed by atoms with Gasteiger partial charge in [0.15, 0.2) is 0 Å². The smallest absolute Gasteiger partial charge is 0.0103 e. The van der Waals surface area contributed by atoms with Gasteiger partial charge >= 0.3 is 0 Å². The van der Waals surface area contributed by atoms with Gasteiger partial charge in [0, 0.05) is 40.1 Å². The Morgan fingerprint density at radius 2 is 2.00 bits per heavy atom. The van der Waals surface area contributed by atoms with Gasteiger partial charge in [-0.15, -0.1) is 0 Å². The molecular formula is CH3BINY-. The van der Waals surface area contributed by atoms with Crippen molar-refractivity contribution in [3.8, 4) is 0 Å². The fourth-order valence-corrected chi connectivity index (χ4v) is 0. The zero-order valence-electron chi connectivity index (χ0n) is 2.69. The van der Waals surface area contributed by atoms with Crippen LogP contribution in [0.1, 0.15) is 0 Å². The summed E-state index contributed by atoms with van der Waals surface area (Å²) in [5.41, 5.74) is 4.84. The Morgan fingerprint density at radius 1 is 1.80 bits per heavy atom. The summed E-state index contributed by atoms with van der Waals surface area (Å²) in [7, 11) is 1.49. The maximum absolute atomic E-state index is 4.84. The second kappa shape index (κ2) is 9.29. The first-order chi connectivity index (χ1) is 1.91. The van der Waals surface area contributed by atoms with Crippen LogP contribution in [0.15, 0.2) is 0 Å². The van der Waals surface area contributed by atoms with Crippen LogP contribution in [0.3, 0.4) is 0 Å². The molecule has 5 heavy (non-hydrogen) atoms. The molecule has 2 radical (unpaired) electrons. The van der Waals surface area contributed by atoms with E-state index in [9.17, 15) is 0 Å². The van der Waals surface area contributed by atoms with Crippen molar-refractivity contribution < 1.29 is 32.7 Å². The average molecular weight is 256 g/mol. The van der Waals surface area contributed by atoms with Gasteiger partial charge < -0.3 is 28.2 Å². The van der Waals surface area contributed by atoms with Crippen LogP contribution in [0.5, 0.6) is 0 Å². The molecule has 0 aliphatic heterocycles. The van der Waals surface area contributed by atoms with Crippen molar-refractivity contribution in [2.24, 2.45) is 5.64 Å². The average Bonchev–Trinajstić information content (AvgIpc) is 1.37. The first kappa shape index (κ1) is 9.97. The van der Waals surface area contributed by atoms with Crippen molar-refractivity contribution in [1.82, 2.24) is 0 Å². The van der Waals surface area contributed by atoms with Crippen LogP contribution in [0.2, 0.25) is 0 Å². The van der Waals surface area contributed by atoms with Crippen molar-refractivity contribution >= 4 is 30.0 Å². The molecule has 0 spiro atoms. The Bertz CT molecular complexity index is 13.6. The predicted molar refractivity (Wildman–Crippen MR) is 28.3 cm³/mol. The molecule has 0 amide bonds. The first-order valence-electron chi connectivity index (χ1n) is 0.885. The molecule has 0 atom stereocenters. The number of halogens is 1. The summed E-state index contributed by atoms with van der Waals surface area (Å²) in [6.07, 6.45) is 0. The molecule has 0 aromatic heterocycles. The Morgan fingerprint density at radius 3 is 2.00 bits per heavy atom. The van der Waals surface area contributed by atoms with Gasteiger partial charge in [0.25, 0.3) is 0 Å². The van der Waals surface area contributed by atoms with Gasteiger partial charge in [-0.05, 0) is 0 Å². The monoisotopic (exact) mass is 256 g/mol. The molecule has 0 saturated carbocycles. The fraction of sp³-hybridized carbons (Fsp3) is 0. The molecule has 0 aliphatic rings. The number of hydrogen-bond acceptors (Lipinski definition) is 1. The quantitative estimate of drug-likeness (QED) is 0.402. The minimum Gasteiger partial charge on any atom is -0.408 e. The van der Waals surface area contributed by atoms with E-state index in [2.05, 4.69) is 0 Å². The van der Waals surface area contributed by atoms with E-state index in [0.717, 1.165) is 0 Å². The molecule has 0 fully saturated rings. The molecule has 1 nitrogen and oxygen atoms in total. The third kappa shape index (κ3) is 10.7. The number of nitrogens with two attached hydrogens (primary N) is 1. The van der Waals surface area contributed by atoms with Crippen LogP contribution in [0.4, 0.5) is 0 Å². The molecule has 0 unspecified atom stereocenters. The summed E-state index contributed by atoms with van der Waals surface area (Å²) in [6, 6.07) is 0. The summed E-state index contributed by atoms with van der Waals surface area (Å²) in [4.78, 5) is 0. The third-order valence-electron chi connectivity index (χ3n) is 0.0727. The first-order valence-corrected chi connectivity index (χ1v) is 2.13. The maximum Gasteiger partial charge on any atom is 0.0103 e. The molecular weight excluding hydrogens is 253 g/mol. The van der Waals surface area contributed by atoms with Gasteiger partial charge in [0.05, 0.1) is 0 Å². The Kier molecular flexibility index (Phi) is 18.5. The van der Waals surface area contributed by atoms with Crippen molar-refractivity contribution in [3.63, 3.8) is 0 Å². The number of hydrogen-bond donors (Lipinski definition) is 1. The topological polar surface area (TPSA) is 26.0 Å². The van der Waals surface area contributed by atoms with Crippen molar-refractivity contribution in [3.05, 3.63) is 4.33 Å². The largest absolute Gasteiger partial charge is 0.408 e. The van der Waals surface area contributed by atoms with Crippen LogP contribution in [0.25, 0.3) is 0 Å². The van der Waals surface area contributed by atoms with Crippen LogP contribution in [-0.2, 0) is 32.7 Å². The van der Waals surface area contributed by atoms with Crippen LogP contribution >= 0.6 is 22.6 Å². The summed E-state index contributed by atoms with van der Waals surface area (Å²) in [5.74, 6) is 0.